The number of benzene rings is 2. The van der Waals surface area contributed by atoms with Gasteiger partial charge in [-0.25, -0.2) is 4.99 Å². The fraction of sp³-hybridized carbons (Fsp3) is 0.333. The van der Waals surface area contributed by atoms with E-state index in [0.29, 0.717) is 21.0 Å². The number of amides is 1. The van der Waals surface area contributed by atoms with E-state index in [1.54, 1.807) is 6.07 Å². The first kappa shape index (κ1) is 21.0. The predicted octanol–water partition coefficient (Wildman–Crippen LogP) is 6.26. The summed E-state index contributed by atoms with van der Waals surface area (Å²) in [5.41, 5.74) is 5.54. The van der Waals surface area contributed by atoms with E-state index in [9.17, 15) is 4.79 Å². The summed E-state index contributed by atoms with van der Waals surface area (Å²) in [6, 6.07) is 12.0. The summed E-state index contributed by atoms with van der Waals surface area (Å²) in [7, 11) is 2.16. The fourth-order valence-corrected chi connectivity index (χ4v) is 5.13. The van der Waals surface area contributed by atoms with E-state index >= 15 is 0 Å². The zero-order valence-corrected chi connectivity index (χ0v) is 19.5. The van der Waals surface area contributed by atoms with Crippen molar-refractivity contribution in [1.29, 1.82) is 0 Å². The molecule has 2 aromatic rings. The zero-order chi connectivity index (χ0) is 21.6. The number of rotatable bonds is 2. The quantitative estimate of drug-likeness (QED) is 0.561. The summed E-state index contributed by atoms with van der Waals surface area (Å²) in [4.78, 5) is 20.1. The van der Waals surface area contributed by atoms with E-state index in [-0.39, 0.29) is 11.4 Å². The number of carbonyl (C=O) groups excluding carboxylic acids is 1. The number of aliphatic imine (C=N–C) groups is 1. The maximum Gasteiger partial charge on any atom is 0.264 e. The van der Waals surface area contributed by atoms with Crippen LogP contribution in [-0.2, 0) is 4.79 Å². The lowest BCUT2D eigenvalue weighted by molar-refractivity contribution is -0.115. The molecule has 1 amide bonds. The Morgan fingerprint density at radius 3 is 2.80 bits per heavy atom. The number of carbonyl (C=O) groups is 1. The summed E-state index contributed by atoms with van der Waals surface area (Å²) >= 11 is 7.44. The summed E-state index contributed by atoms with van der Waals surface area (Å²) in [5.74, 6) is 0.347. The third-order valence-corrected chi connectivity index (χ3v) is 7.14. The van der Waals surface area contributed by atoms with Gasteiger partial charge in [0.2, 0.25) is 0 Å². The molecule has 1 fully saturated rings. The van der Waals surface area contributed by atoms with Crippen LogP contribution in [0.15, 0.2) is 46.3 Å². The van der Waals surface area contributed by atoms with Crippen molar-refractivity contribution < 1.29 is 4.79 Å². The molecule has 1 saturated heterocycles. The van der Waals surface area contributed by atoms with E-state index in [0.717, 1.165) is 23.2 Å². The number of anilines is 1. The van der Waals surface area contributed by atoms with Gasteiger partial charge in [0.1, 0.15) is 0 Å². The second-order valence-corrected chi connectivity index (χ2v) is 10.2. The van der Waals surface area contributed by atoms with Gasteiger partial charge in [-0.05, 0) is 91.9 Å². The van der Waals surface area contributed by atoms with Crippen LogP contribution < -0.4 is 10.2 Å². The van der Waals surface area contributed by atoms with Crippen molar-refractivity contribution in [3.8, 4) is 0 Å². The number of halogens is 1. The highest BCUT2D eigenvalue weighted by atomic mass is 35.5. The second kappa shape index (κ2) is 7.78. The third-order valence-electron chi connectivity index (χ3n) is 6.00. The molecule has 0 radical (unpaired) electrons. The van der Waals surface area contributed by atoms with Gasteiger partial charge >= 0.3 is 0 Å². The van der Waals surface area contributed by atoms with Crippen LogP contribution in [0, 0.1) is 6.92 Å². The maximum atomic E-state index is 12.5. The molecule has 6 heteroatoms. The number of nitrogens with one attached hydrogen (secondary N) is 1. The smallest absolute Gasteiger partial charge is 0.264 e. The lowest BCUT2D eigenvalue weighted by Crippen LogP contribution is -2.45. The highest BCUT2D eigenvalue weighted by molar-refractivity contribution is 8.18. The lowest BCUT2D eigenvalue weighted by atomic mass is 9.80. The van der Waals surface area contributed by atoms with Gasteiger partial charge in [-0.1, -0.05) is 30.7 Å². The average molecular weight is 440 g/mol. The maximum absolute atomic E-state index is 12.5. The molecule has 0 unspecified atom stereocenters. The molecule has 2 aliphatic rings. The number of thioether (sulfide) groups is 1. The van der Waals surface area contributed by atoms with Gasteiger partial charge < -0.3 is 10.2 Å². The molecule has 1 N–H and O–H groups in total. The lowest BCUT2D eigenvalue weighted by Gasteiger charge is -2.45. The SMILES string of the molecule is Cc1ccc(Cl)cc1N=C1NC(=O)/C(=C/c2ccc3c(c2)[C@@H](C)CC(C)(C)N3C)S1. The number of hydrogen-bond acceptors (Lipinski definition) is 4. The number of hydrogen-bond donors (Lipinski definition) is 1. The summed E-state index contributed by atoms with van der Waals surface area (Å²) in [6.45, 7) is 8.81. The highest BCUT2D eigenvalue weighted by Crippen LogP contribution is 2.43. The Kier molecular flexibility index (Phi) is 5.45. The van der Waals surface area contributed by atoms with Crippen molar-refractivity contribution in [2.75, 3.05) is 11.9 Å². The van der Waals surface area contributed by atoms with Crippen molar-refractivity contribution in [2.45, 2.75) is 45.6 Å². The molecule has 0 bridgehead atoms. The normalized spacial score (nSPS) is 23.1. The Morgan fingerprint density at radius 2 is 2.03 bits per heavy atom. The van der Waals surface area contributed by atoms with Crippen molar-refractivity contribution in [3.63, 3.8) is 0 Å². The molecule has 0 aromatic heterocycles. The standard InChI is InChI=1S/C24H26ClN3OS/c1-14-6-8-17(25)12-19(14)26-23-27-22(29)21(30-23)11-16-7-9-20-18(10-16)15(2)13-24(3,4)28(20)5/h6-12,15H,13H2,1-5H3,(H,26,27,29)/b21-11-/t15-/m0/s1. The Labute approximate surface area is 187 Å². The van der Waals surface area contributed by atoms with Gasteiger partial charge in [0.15, 0.2) is 5.17 Å². The van der Waals surface area contributed by atoms with Gasteiger partial charge in [0, 0.05) is 23.3 Å². The number of amidine groups is 1. The van der Waals surface area contributed by atoms with Crippen LogP contribution in [0.2, 0.25) is 5.02 Å². The van der Waals surface area contributed by atoms with Crippen LogP contribution in [0.3, 0.4) is 0 Å². The summed E-state index contributed by atoms with van der Waals surface area (Å²) in [5, 5.41) is 4.06. The number of nitrogens with zero attached hydrogens (tertiary/aromatic N) is 2. The molecule has 2 aromatic carbocycles. The second-order valence-electron chi connectivity index (χ2n) is 8.71. The summed E-state index contributed by atoms with van der Waals surface area (Å²) < 4.78 is 0. The van der Waals surface area contributed by atoms with Crippen molar-refractivity contribution >= 4 is 51.9 Å². The van der Waals surface area contributed by atoms with E-state index in [2.05, 4.69) is 61.2 Å². The molecule has 30 heavy (non-hydrogen) atoms. The Hall–Kier alpha value is -2.24. The molecule has 0 saturated carbocycles. The van der Waals surface area contributed by atoms with Gasteiger partial charge in [0.05, 0.1) is 10.6 Å². The average Bonchev–Trinajstić information content (AvgIpc) is 3.01. The minimum Gasteiger partial charge on any atom is -0.369 e. The Morgan fingerprint density at radius 1 is 1.27 bits per heavy atom. The topological polar surface area (TPSA) is 44.7 Å². The van der Waals surface area contributed by atoms with Gasteiger partial charge in [-0.2, -0.15) is 0 Å². The number of fused-ring (bicyclic) bond motifs is 1. The fourth-order valence-electron chi connectivity index (χ4n) is 4.13. The van der Waals surface area contributed by atoms with Crippen molar-refractivity contribution in [2.24, 2.45) is 4.99 Å². The first-order valence-corrected chi connectivity index (χ1v) is 11.3. The van der Waals surface area contributed by atoms with E-state index in [4.69, 9.17) is 11.6 Å². The molecular formula is C24H26ClN3OS. The Bertz CT molecular complexity index is 1090. The van der Waals surface area contributed by atoms with Crippen LogP contribution in [0.4, 0.5) is 11.4 Å². The molecule has 156 valence electrons. The molecule has 2 heterocycles. The van der Waals surface area contributed by atoms with Crippen LogP contribution in [-0.4, -0.2) is 23.7 Å². The summed E-state index contributed by atoms with van der Waals surface area (Å²) in [6.07, 6.45) is 3.04. The largest absolute Gasteiger partial charge is 0.369 e. The Balaban J connectivity index is 1.62. The monoisotopic (exact) mass is 439 g/mol. The molecule has 0 spiro atoms. The highest BCUT2D eigenvalue weighted by Gasteiger charge is 2.34. The van der Waals surface area contributed by atoms with Gasteiger partial charge in [-0.3, -0.25) is 4.79 Å². The first-order valence-electron chi connectivity index (χ1n) is 10.1. The zero-order valence-electron chi connectivity index (χ0n) is 17.9. The van der Waals surface area contributed by atoms with Crippen molar-refractivity contribution in [3.05, 3.63) is 63.0 Å². The van der Waals surface area contributed by atoms with E-state index in [1.807, 2.05) is 25.1 Å². The molecule has 2 aliphatic heterocycles. The van der Waals surface area contributed by atoms with Crippen LogP contribution >= 0.6 is 23.4 Å². The van der Waals surface area contributed by atoms with Crippen LogP contribution in [0.25, 0.3) is 6.08 Å². The van der Waals surface area contributed by atoms with E-state index in [1.165, 1.54) is 23.0 Å². The number of aryl methyl sites for hydroxylation is 1. The molecule has 4 rings (SSSR count). The molecule has 0 aliphatic carbocycles. The van der Waals surface area contributed by atoms with Crippen molar-refractivity contribution in [1.82, 2.24) is 5.32 Å². The molecular weight excluding hydrogens is 414 g/mol. The van der Waals surface area contributed by atoms with Crippen LogP contribution in [0.1, 0.15) is 49.8 Å². The minimum absolute atomic E-state index is 0.123. The molecule has 4 nitrogen and oxygen atoms in total. The minimum atomic E-state index is -0.123. The van der Waals surface area contributed by atoms with Gasteiger partial charge in [0.25, 0.3) is 5.91 Å². The third kappa shape index (κ3) is 4.01. The van der Waals surface area contributed by atoms with Gasteiger partial charge in [-0.15, -0.1) is 0 Å². The first-order chi connectivity index (χ1) is 14.1. The van der Waals surface area contributed by atoms with E-state index < -0.39 is 0 Å². The predicted molar refractivity (Wildman–Crippen MR) is 129 cm³/mol. The van der Waals surface area contributed by atoms with Crippen LogP contribution in [0.5, 0.6) is 0 Å². The molecule has 1 atom stereocenters.